The third-order valence-electron chi connectivity index (χ3n) is 3.30. The maximum absolute atomic E-state index is 13.1. The smallest absolute Gasteiger partial charge is 0.316 e. The predicted octanol–water partition coefficient (Wildman–Crippen LogP) is 2.83. The van der Waals surface area contributed by atoms with E-state index in [1.807, 2.05) is 19.1 Å². The van der Waals surface area contributed by atoms with Crippen molar-refractivity contribution < 1.29 is 18.3 Å². The van der Waals surface area contributed by atoms with Crippen LogP contribution >= 0.6 is 0 Å². The summed E-state index contributed by atoms with van der Waals surface area (Å²) in [6.45, 7) is 1.91. The summed E-state index contributed by atoms with van der Waals surface area (Å²) in [6, 6.07) is 7.08. The zero-order valence-corrected chi connectivity index (χ0v) is 9.80. The van der Waals surface area contributed by atoms with Crippen LogP contribution in [0.3, 0.4) is 0 Å². The normalized spacial score (nSPS) is 20.5. The van der Waals surface area contributed by atoms with Gasteiger partial charge in [-0.15, -0.1) is 0 Å². The standard InChI is InChI=1S/C13H14F2O2/c1-9-3-5-10(6-4-9)12(11(16)17-2)7-13(14,15)8-12/h3-6H,7-8H2,1-2H3. The van der Waals surface area contributed by atoms with Gasteiger partial charge in [0.15, 0.2) is 0 Å². The van der Waals surface area contributed by atoms with Crippen molar-refractivity contribution in [2.75, 3.05) is 7.11 Å². The van der Waals surface area contributed by atoms with Crippen LogP contribution in [0, 0.1) is 6.92 Å². The monoisotopic (exact) mass is 240 g/mol. The fourth-order valence-corrected chi connectivity index (χ4v) is 2.37. The Labute approximate surface area is 98.6 Å². The molecule has 17 heavy (non-hydrogen) atoms. The summed E-state index contributed by atoms with van der Waals surface area (Å²) in [5, 5.41) is 0. The fraction of sp³-hybridized carbons (Fsp3) is 0.462. The lowest BCUT2D eigenvalue weighted by atomic mass is 9.62. The Morgan fingerprint density at radius 2 is 1.76 bits per heavy atom. The molecule has 92 valence electrons. The van der Waals surface area contributed by atoms with Crippen LogP contribution in [0.15, 0.2) is 24.3 Å². The first-order valence-electron chi connectivity index (χ1n) is 5.43. The predicted molar refractivity (Wildman–Crippen MR) is 59.1 cm³/mol. The molecule has 1 saturated carbocycles. The zero-order chi connectivity index (χ0) is 12.7. The zero-order valence-electron chi connectivity index (χ0n) is 9.80. The second kappa shape index (κ2) is 3.79. The van der Waals surface area contributed by atoms with Gasteiger partial charge in [-0.2, -0.15) is 0 Å². The fourth-order valence-electron chi connectivity index (χ4n) is 2.37. The summed E-state index contributed by atoms with van der Waals surface area (Å²) in [5.41, 5.74) is 0.479. The topological polar surface area (TPSA) is 26.3 Å². The Balaban J connectivity index is 2.36. The third kappa shape index (κ3) is 1.92. The second-order valence-corrected chi connectivity index (χ2v) is 4.65. The first-order chi connectivity index (χ1) is 7.89. The number of hydrogen-bond donors (Lipinski definition) is 0. The van der Waals surface area contributed by atoms with Crippen molar-refractivity contribution in [1.82, 2.24) is 0 Å². The van der Waals surface area contributed by atoms with E-state index in [1.165, 1.54) is 7.11 Å². The van der Waals surface area contributed by atoms with Crippen LogP contribution in [0.25, 0.3) is 0 Å². The summed E-state index contributed by atoms with van der Waals surface area (Å²) in [7, 11) is 1.23. The molecule has 0 bridgehead atoms. The van der Waals surface area contributed by atoms with Crippen molar-refractivity contribution in [2.24, 2.45) is 0 Å². The van der Waals surface area contributed by atoms with Gasteiger partial charge < -0.3 is 4.74 Å². The van der Waals surface area contributed by atoms with Crippen LogP contribution in [-0.2, 0) is 14.9 Å². The van der Waals surface area contributed by atoms with Crippen molar-refractivity contribution >= 4 is 5.97 Å². The van der Waals surface area contributed by atoms with E-state index >= 15 is 0 Å². The van der Waals surface area contributed by atoms with E-state index < -0.39 is 30.1 Å². The average molecular weight is 240 g/mol. The molecule has 0 spiro atoms. The molecule has 0 N–H and O–H groups in total. The third-order valence-corrected chi connectivity index (χ3v) is 3.30. The molecule has 0 amide bonds. The minimum Gasteiger partial charge on any atom is -0.468 e. The van der Waals surface area contributed by atoms with Gasteiger partial charge >= 0.3 is 5.97 Å². The molecular formula is C13H14F2O2. The molecule has 1 aliphatic carbocycles. The SMILES string of the molecule is COC(=O)C1(c2ccc(C)cc2)CC(F)(F)C1. The number of esters is 1. The van der Waals surface area contributed by atoms with Crippen LogP contribution in [-0.4, -0.2) is 19.0 Å². The van der Waals surface area contributed by atoms with E-state index in [1.54, 1.807) is 12.1 Å². The Morgan fingerprint density at radius 3 is 2.18 bits per heavy atom. The number of aryl methyl sites for hydroxylation is 1. The summed E-state index contributed by atoms with van der Waals surface area (Å²) in [4.78, 5) is 11.7. The number of methoxy groups -OCH3 is 1. The molecule has 2 nitrogen and oxygen atoms in total. The van der Waals surface area contributed by atoms with Gasteiger partial charge in [0.05, 0.1) is 7.11 Å². The number of carbonyl (C=O) groups excluding carboxylic acids is 1. The molecular weight excluding hydrogens is 226 g/mol. The van der Waals surface area contributed by atoms with Crippen LogP contribution in [0.2, 0.25) is 0 Å². The van der Waals surface area contributed by atoms with E-state index in [9.17, 15) is 13.6 Å². The molecule has 1 aromatic carbocycles. The lowest BCUT2D eigenvalue weighted by Crippen LogP contribution is -2.54. The average Bonchev–Trinajstić information content (AvgIpc) is 2.25. The molecule has 0 aromatic heterocycles. The van der Waals surface area contributed by atoms with E-state index in [-0.39, 0.29) is 0 Å². The van der Waals surface area contributed by atoms with Crippen molar-refractivity contribution in [1.29, 1.82) is 0 Å². The number of ether oxygens (including phenoxy) is 1. The molecule has 0 unspecified atom stereocenters. The second-order valence-electron chi connectivity index (χ2n) is 4.65. The minimum atomic E-state index is -2.76. The van der Waals surface area contributed by atoms with Crippen LogP contribution in [0.1, 0.15) is 24.0 Å². The maximum atomic E-state index is 13.1. The molecule has 1 aromatic rings. The van der Waals surface area contributed by atoms with Gasteiger partial charge in [-0.3, -0.25) is 4.79 Å². The number of halogens is 2. The lowest BCUT2D eigenvalue weighted by Gasteiger charge is -2.45. The van der Waals surface area contributed by atoms with Crippen molar-refractivity contribution in [2.45, 2.75) is 31.1 Å². The molecule has 0 radical (unpaired) electrons. The van der Waals surface area contributed by atoms with Crippen molar-refractivity contribution in [3.8, 4) is 0 Å². The molecule has 0 atom stereocenters. The first kappa shape index (κ1) is 12.0. The molecule has 2 rings (SSSR count). The highest BCUT2D eigenvalue weighted by molar-refractivity contribution is 5.85. The molecule has 0 saturated heterocycles. The number of alkyl halides is 2. The van der Waals surface area contributed by atoms with Gasteiger partial charge in [0.1, 0.15) is 5.41 Å². The Bertz CT molecular complexity index is 429. The summed E-state index contributed by atoms with van der Waals surface area (Å²) < 4.78 is 30.8. The summed E-state index contributed by atoms with van der Waals surface area (Å²) >= 11 is 0. The number of hydrogen-bond acceptors (Lipinski definition) is 2. The largest absolute Gasteiger partial charge is 0.468 e. The van der Waals surface area contributed by atoms with Crippen LogP contribution in [0.4, 0.5) is 8.78 Å². The van der Waals surface area contributed by atoms with Crippen LogP contribution in [0.5, 0.6) is 0 Å². The van der Waals surface area contributed by atoms with Gasteiger partial charge in [0.2, 0.25) is 0 Å². The summed E-state index contributed by atoms with van der Waals surface area (Å²) in [5.74, 6) is -3.34. The minimum absolute atomic E-state index is 0.463. The molecule has 1 fully saturated rings. The molecule has 4 heteroatoms. The van der Waals surface area contributed by atoms with E-state index in [2.05, 4.69) is 4.74 Å². The van der Waals surface area contributed by atoms with Crippen molar-refractivity contribution in [3.63, 3.8) is 0 Å². The van der Waals surface area contributed by atoms with Gasteiger partial charge in [-0.05, 0) is 12.5 Å². The van der Waals surface area contributed by atoms with E-state index in [0.29, 0.717) is 5.56 Å². The Kier molecular flexibility index (Phi) is 2.68. The number of benzene rings is 1. The lowest BCUT2D eigenvalue weighted by molar-refractivity contribution is -0.177. The van der Waals surface area contributed by atoms with Gasteiger partial charge in [-0.25, -0.2) is 8.78 Å². The maximum Gasteiger partial charge on any atom is 0.316 e. The van der Waals surface area contributed by atoms with Crippen molar-refractivity contribution in [3.05, 3.63) is 35.4 Å². The molecule has 1 aliphatic rings. The van der Waals surface area contributed by atoms with Gasteiger partial charge in [0, 0.05) is 12.8 Å². The Morgan fingerprint density at radius 1 is 1.24 bits per heavy atom. The molecule has 0 aliphatic heterocycles. The van der Waals surface area contributed by atoms with Gasteiger partial charge in [-0.1, -0.05) is 29.8 Å². The summed E-state index contributed by atoms with van der Waals surface area (Å²) in [6.07, 6.45) is -0.925. The highest BCUT2D eigenvalue weighted by atomic mass is 19.3. The number of rotatable bonds is 2. The van der Waals surface area contributed by atoms with E-state index in [4.69, 9.17) is 0 Å². The first-order valence-corrected chi connectivity index (χ1v) is 5.43. The van der Waals surface area contributed by atoms with Gasteiger partial charge in [0.25, 0.3) is 5.92 Å². The van der Waals surface area contributed by atoms with E-state index in [0.717, 1.165) is 5.56 Å². The molecule has 0 heterocycles. The highest BCUT2D eigenvalue weighted by Gasteiger charge is 2.62. The Hall–Kier alpha value is -1.45. The van der Waals surface area contributed by atoms with Crippen LogP contribution < -0.4 is 0 Å². The highest BCUT2D eigenvalue weighted by Crippen LogP contribution is 2.54. The quantitative estimate of drug-likeness (QED) is 0.743. The number of carbonyl (C=O) groups is 1.